The highest BCUT2D eigenvalue weighted by atomic mass is 79.9. The van der Waals surface area contributed by atoms with E-state index in [9.17, 15) is 26.0 Å². The summed E-state index contributed by atoms with van der Waals surface area (Å²) >= 11 is 2.90. The molecule has 0 amide bonds. The van der Waals surface area contributed by atoms with Gasteiger partial charge in [-0.25, -0.2) is 17.5 Å². The first-order valence-corrected chi connectivity index (χ1v) is 11.5. The number of nitrogens with zero attached hydrogens (tertiary/aromatic N) is 3. The van der Waals surface area contributed by atoms with Crippen molar-refractivity contribution in [2.45, 2.75) is 37.5 Å². The summed E-state index contributed by atoms with van der Waals surface area (Å²) in [6, 6.07) is 6.65. The lowest BCUT2D eigenvalue weighted by atomic mass is 10.2. The molecular weight excluding hydrogens is 520 g/mol. The highest BCUT2D eigenvalue weighted by molar-refractivity contribution is 9.10. The molecule has 1 heterocycles. The van der Waals surface area contributed by atoms with Crippen molar-refractivity contribution in [2.75, 3.05) is 0 Å². The molecule has 7 nitrogen and oxygen atoms in total. The number of sulfonamides is 1. The third-order valence-corrected chi connectivity index (χ3v) is 6.87. The lowest BCUT2D eigenvalue weighted by Gasteiger charge is -2.16. The molecule has 0 aliphatic carbocycles. The summed E-state index contributed by atoms with van der Waals surface area (Å²) in [5, 5.41) is 7.89. The van der Waals surface area contributed by atoms with Crippen molar-refractivity contribution >= 4 is 26.0 Å². The molecular formula is C19H17BrF4N4O3S. The lowest BCUT2D eigenvalue weighted by Crippen LogP contribution is -2.29. The third kappa shape index (κ3) is 5.27. The molecule has 3 aromatic rings. The number of alkyl halides is 3. The fourth-order valence-electron chi connectivity index (χ4n) is 2.85. The average molecular weight is 537 g/mol. The second-order valence-electron chi connectivity index (χ2n) is 6.63. The summed E-state index contributed by atoms with van der Waals surface area (Å²) in [4.78, 5) is -0.359. The number of nitrogens with one attached hydrogen (secondary N) is 1. The molecule has 0 radical (unpaired) electrons. The van der Waals surface area contributed by atoms with Crippen molar-refractivity contribution in [2.24, 2.45) is 0 Å². The van der Waals surface area contributed by atoms with E-state index in [1.165, 1.54) is 35.8 Å². The molecule has 1 aromatic heterocycles. The van der Waals surface area contributed by atoms with Gasteiger partial charge < -0.3 is 4.74 Å². The first-order valence-electron chi connectivity index (χ1n) is 9.18. The molecule has 0 aliphatic heterocycles. The van der Waals surface area contributed by atoms with E-state index in [2.05, 4.69) is 30.8 Å². The Balaban J connectivity index is 1.84. The molecule has 32 heavy (non-hydrogen) atoms. The third-order valence-electron chi connectivity index (χ3n) is 4.35. The van der Waals surface area contributed by atoms with Crippen LogP contribution in [0.15, 0.2) is 51.8 Å². The summed E-state index contributed by atoms with van der Waals surface area (Å²) in [5.41, 5.74) is -0.982. The van der Waals surface area contributed by atoms with E-state index < -0.39 is 33.6 Å². The van der Waals surface area contributed by atoms with Crippen LogP contribution in [0.4, 0.5) is 17.6 Å². The molecule has 1 atom stereocenters. The van der Waals surface area contributed by atoms with Gasteiger partial charge in [-0.2, -0.15) is 13.2 Å². The Hall–Kier alpha value is -2.51. The zero-order valence-corrected chi connectivity index (χ0v) is 19.1. The predicted octanol–water partition coefficient (Wildman–Crippen LogP) is 5.05. The maximum absolute atomic E-state index is 13.1. The normalized spacial score (nSPS) is 13.2. The molecule has 0 saturated heterocycles. The van der Waals surface area contributed by atoms with Crippen LogP contribution in [-0.4, -0.2) is 23.2 Å². The monoisotopic (exact) mass is 536 g/mol. The van der Waals surface area contributed by atoms with E-state index in [0.717, 1.165) is 6.07 Å². The van der Waals surface area contributed by atoms with Gasteiger partial charge in [-0.1, -0.05) is 5.10 Å². The Morgan fingerprint density at radius 3 is 2.38 bits per heavy atom. The van der Waals surface area contributed by atoms with Gasteiger partial charge >= 0.3 is 12.2 Å². The van der Waals surface area contributed by atoms with E-state index in [-0.39, 0.29) is 21.2 Å². The molecule has 0 fully saturated rings. The first kappa shape index (κ1) is 24.1. The topological polar surface area (TPSA) is 86.1 Å². The SMILES string of the molecule is CCn1c(Oc2ccc(F)cc2)nnc1[C@@H](C)NS(=O)(=O)c1ccc(C(F)(F)F)cc1Br. The van der Waals surface area contributed by atoms with Gasteiger partial charge in [-0.05, 0) is 72.2 Å². The van der Waals surface area contributed by atoms with Crippen LogP contribution >= 0.6 is 15.9 Å². The van der Waals surface area contributed by atoms with Crippen LogP contribution in [0.25, 0.3) is 0 Å². The molecule has 1 N–H and O–H groups in total. The largest absolute Gasteiger partial charge is 0.424 e. The number of hydrogen-bond acceptors (Lipinski definition) is 5. The van der Waals surface area contributed by atoms with Gasteiger partial charge in [0.05, 0.1) is 16.5 Å². The van der Waals surface area contributed by atoms with Crippen LogP contribution in [-0.2, 0) is 22.7 Å². The summed E-state index contributed by atoms with van der Waals surface area (Å²) in [7, 11) is -4.21. The number of halogens is 5. The number of rotatable bonds is 7. The van der Waals surface area contributed by atoms with E-state index in [0.29, 0.717) is 24.4 Å². The molecule has 2 aromatic carbocycles. The van der Waals surface area contributed by atoms with E-state index >= 15 is 0 Å². The zero-order valence-electron chi connectivity index (χ0n) is 16.7. The highest BCUT2D eigenvalue weighted by Gasteiger charge is 2.32. The molecule has 172 valence electrons. The second kappa shape index (κ2) is 9.16. The van der Waals surface area contributed by atoms with Crippen LogP contribution in [0, 0.1) is 5.82 Å². The highest BCUT2D eigenvalue weighted by Crippen LogP contribution is 2.34. The van der Waals surface area contributed by atoms with Crippen molar-refractivity contribution < 1.29 is 30.7 Å². The summed E-state index contributed by atoms with van der Waals surface area (Å²) in [5.74, 6) is 0.0886. The number of hydrogen-bond donors (Lipinski definition) is 1. The van der Waals surface area contributed by atoms with Gasteiger partial charge in [0.25, 0.3) is 0 Å². The molecule has 0 aliphatic rings. The average Bonchev–Trinajstić information content (AvgIpc) is 3.11. The summed E-state index contributed by atoms with van der Waals surface area (Å²) < 4.78 is 86.5. The Kier molecular flexibility index (Phi) is 6.91. The Morgan fingerprint density at radius 1 is 1.16 bits per heavy atom. The van der Waals surface area contributed by atoms with Crippen LogP contribution in [0.1, 0.15) is 31.3 Å². The van der Waals surface area contributed by atoms with Crippen LogP contribution in [0.5, 0.6) is 11.8 Å². The van der Waals surface area contributed by atoms with Crippen molar-refractivity contribution in [3.05, 3.63) is 64.1 Å². The maximum atomic E-state index is 13.1. The number of benzene rings is 2. The van der Waals surface area contributed by atoms with E-state index in [1.807, 2.05) is 0 Å². The van der Waals surface area contributed by atoms with Gasteiger partial charge in [0.15, 0.2) is 5.82 Å². The number of ether oxygens (including phenoxy) is 1. The fraction of sp³-hybridized carbons (Fsp3) is 0.263. The smallest absolute Gasteiger partial charge is 0.416 e. The summed E-state index contributed by atoms with van der Waals surface area (Å²) in [6.07, 6.45) is -4.61. The first-order chi connectivity index (χ1) is 14.9. The number of aromatic nitrogens is 3. The molecule has 3 rings (SSSR count). The standard InChI is InChI=1S/C19H17BrF4N4O3S/c1-3-28-17(25-26-18(28)31-14-7-5-13(21)6-8-14)11(2)27-32(29,30)16-9-4-12(10-15(16)20)19(22,23)24/h4-11,27H,3H2,1-2H3/t11-/m1/s1. The van der Waals surface area contributed by atoms with Gasteiger partial charge in [0, 0.05) is 11.0 Å². The molecule has 0 bridgehead atoms. The second-order valence-corrected chi connectivity index (χ2v) is 9.16. The van der Waals surface area contributed by atoms with Crippen molar-refractivity contribution in [3.8, 4) is 11.8 Å². The maximum Gasteiger partial charge on any atom is 0.416 e. The lowest BCUT2D eigenvalue weighted by molar-refractivity contribution is -0.137. The molecule has 13 heteroatoms. The zero-order chi connectivity index (χ0) is 23.7. The minimum atomic E-state index is -4.61. The molecule has 0 spiro atoms. The van der Waals surface area contributed by atoms with Gasteiger partial charge in [0.1, 0.15) is 11.6 Å². The Bertz CT molecular complexity index is 1210. The van der Waals surface area contributed by atoms with Crippen LogP contribution in [0.3, 0.4) is 0 Å². The predicted molar refractivity (Wildman–Crippen MR) is 110 cm³/mol. The van der Waals surface area contributed by atoms with Gasteiger partial charge in [-0.3, -0.25) is 4.57 Å². The summed E-state index contributed by atoms with van der Waals surface area (Å²) in [6.45, 7) is 3.60. The minimum Gasteiger partial charge on any atom is -0.424 e. The fourth-order valence-corrected chi connectivity index (χ4v) is 5.12. The molecule has 0 saturated carbocycles. The van der Waals surface area contributed by atoms with E-state index in [1.54, 1.807) is 6.92 Å². The van der Waals surface area contributed by atoms with Crippen LogP contribution in [0.2, 0.25) is 0 Å². The van der Waals surface area contributed by atoms with Crippen molar-refractivity contribution in [1.29, 1.82) is 0 Å². The quantitative estimate of drug-likeness (QED) is 0.427. The van der Waals surface area contributed by atoms with Gasteiger partial charge in [-0.15, -0.1) is 5.10 Å². The van der Waals surface area contributed by atoms with Gasteiger partial charge in [0.2, 0.25) is 10.0 Å². The van der Waals surface area contributed by atoms with Crippen LogP contribution < -0.4 is 9.46 Å². The Labute approximate surface area is 189 Å². The van der Waals surface area contributed by atoms with Crippen molar-refractivity contribution in [3.63, 3.8) is 0 Å². The minimum absolute atomic E-state index is 0.0656. The van der Waals surface area contributed by atoms with E-state index in [4.69, 9.17) is 4.74 Å². The van der Waals surface area contributed by atoms with Crippen molar-refractivity contribution in [1.82, 2.24) is 19.5 Å². The Morgan fingerprint density at radius 2 is 1.81 bits per heavy atom. The molecule has 0 unspecified atom stereocenters.